The molecular formula is C18H26ClN3O2. The van der Waals surface area contributed by atoms with Gasteiger partial charge in [-0.2, -0.15) is 0 Å². The fourth-order valence-corrected chi connectivity index (χ4v) is 4.07. The van der Waals surface area contributed by atoms with E-state index in [2.05, 4.69) is 10.6 Å². The van der Waals surface area contributed by atoms with Crippen LogP contribution in [0, 0.1) is 11.3 Å². The summed E-state index contributed by atoms with van der Waals surface area (Å²) in [4.78, 5) is 24.0. The molecule has 24 heavy (non-hydrogen) atoms. The van der Waals surface area contributed by atoms with E-state index in [1.807, 2.05) is 12.1 Å². The molecule has 6 heteroatoms. The Morgan fingerprint density at radius 3 is 2.96 bits per heavy atom. The van der Waals surface area contributed by atoms with Crippen LogP contribution in [0.25, 0.3) is 0 Å². The van der Waals surface area contributed by atoms with E-state index in [9.17, 15) is 9.59 Å². The third kappa shape index (κ3) is 3.73. The van der Waals surface area contributed by atoms with Gasteiger partial charge in [0.25, 0.3) is 0 Å². The maximum absolute atomic E-state index is 12.7. The first-order chi connectivity index (χ1) is 11.1. The normalized spacial score (nSPS) is 25.4. The third-order valence-corrected chi connectivity index (χ3v) is 5.40. The molecule has 0 bridgehead atoms. The molecule has 1 aliphatic carbocycles. The van der Waals surface area contributed by atoms with Crippen molar-refractivity contribution >= 4 is 24.2 Å². The van der Waals surface area contributed by atoms with Crippen molar-refractivity contribution in [1.82, 2.24) is 10.6 Å². The van der Waals surface area contributed by atoms with Crippen LogP contribution in [-0.4, -0.2) is 31.4 Å². The molecule has 0 radical (unpaired) electrons. The highest BCUT2D eigenvalue weighted by atomic mass is 35.5. The van der Waals surface area contributed by atoms with E-state index in [4.69, 9.17) is 5.73 Å². The van der Waals surface area contributed by atoms with Crippen molar-refractivity contribution in [2.45, 2.75) is 32.1 Å². The van der Waals surface area contributed by atoms with E-state index in [0.29, 0.717) is 24.4 Å². The molecule has 4 N–H and O–H groups in total. The number of benzene rings is 1. The van der Waals surface area contributed by atoms with E-state index in [0.717, 1.165) is 37.9 Å². The summed E-state index contributed by atoms with van der Waals surface area (Å²) in [5.41, 5.74) is 6.63. The van der Waals surface area contributed by atoms with E-state index in [1.165, 1.54) is 6.42 Å². The third-order valence-electron chi connectivity index (χ3n) is 5.40. The van der Waals surface area contributed by atoms with Crippen molar-refractivity contribution in [3.05, 3.63) is 35.4 Å². The first-order valence-corrected chi connectivity index (χ1v) is 8.49. The van der Waals surface area contributed by atoms with Gasteiger partial charge in [-0.05, 0) is 49.4 Å². The Labute approximate surface area is 149 Å². The van der Waals surface area contributed by atoms with Crippen molar-refractivity contribution in [3.8, 4) is 0 Å². The summed E-state index contributed by atoms with van der Waals surface area (Å²) in [5, 5.41) is 6.52. The SMILES string of the molecule is Cl.NC(=O)c1cccc(CCNC(=O)[C@@]23CCCC[C@H]2CNC3)c1. The standard InChI is InChI=1S/C18H25N3O2.ClH/c19-16(22)14-5-3-4-13(10-14)7-9-21-17(23)18-8-2-1-6-15(18)11-20-12-18;/h3-5,10,15,20H,1-2,6-9,11-12H2,(H2,19,22)(H,21,23);1H/t15-,18+;/m0./s1. The number of nitrogens with one attached hydrogen (secondary N) is 2. The highest BCUT2D eigenvalue weighted by Crippen LogP contribution is 2.43. The summed E-state index contributed by atoms with van der Waals surface area (Å²) >= 11 is 0. The van der Waals surface area contributed by atoms with Gasteiger partial charge in [0.05, 0.1) is 5.41 Å². The smallest absolute Gasteiger partial charge is 0.248 e. The number of hydrogen-bond acceptors (Lipinski definition) is 3. The molecule has 1 aromatic carbocycles. The fourth-order valence-electron chi connectivity index (χ4n) is 4.07. The van der Waals surface area contributed by atoms with Gasteiger partial charge in [0.2, 0.25) is 11.8 Å². The van der Waals surface area contributed by atoms with Crippen LogP contribution in [0.4, 0.5) is 0 Å². The molecule has 2 aliphatic rings. The molecule has 1 heterocycles. The van der Waals surface area contributed by atoms with Gasteiger partial charge in [0.15, 0.2) is 0 Å². The Hall–Kier alpha value is -1.59. The van der Waals surface area contributed by atoms with Gasteiger partial charge < -0.3 is 16.4 Å². The van der Waals surface area contributed by atoms with Gasteiger partial charge in [0.1, 0.15) is 0 Å². The Morgan fingerprint density at radius 1 is 1.33 bits per heavy atom. The molecule has 0 unspecified atom stereocenters. The predicted molar refractivity (Wildman–Crippen MR) is 96.2 cm³/mol. The minimum absolute atomic E-state index is 0. The van der Waals surface area contributed by atoms with Crippen LogP contribution in [0.1, 0.15) is 41.6 Å². The molecule has 2 atom stereocenters. The lowest BCUT2D eigenvalue weighted by Gasteiger charge is -2.37. The van der Waals surface area contributed by atoms with Crippen molar-refractivity contribution in [2.75, 3.05) is 19.6 Å². The zero-order valence-corrected chi connectivity index (χ0v) is 14.7. The number of carbonyl (C=O) groups is 2. The second kappa shape index (κ2) is 7.99. The molecule has 1 saturated carbocycles. The summed E-state index contributed by atoms with van der Waals surface area (Å²) in [7, 11) is 0. The van der Waals surface area contributed by atoms with Crippen LogP contribution < -0.4 is 16.4 Å². The second-order valence-electron chi connectivity index (χ2n) is 6.80. The molecule has 0 spiro atoms. The van der Waals surface area contributed by atoms with Crippen LogP contribution in [0.3, 0.4) is 0 Å². The number of rotatable bonds is 5. The van der Waals surface area contributed by atoms with E-state index in [-0.39, 0.29) is 23.7 Å². The average Bonchev–Trinajstić information content (AvgIpc) is 3.00. The lowest BCUT2D eigenvalue weighted by Crippen LogP contribution is -2.48. The van der Waals surface area contributed by atoms with Crippen molar-refractivity contribution < 1.29 is 9.59 Å². The van der Waals surface area contributed by atoms with E-state index in [1.54, 1.807) is 12.1 Å². The molecule has 132 valence electrons. The van der Waals surface area contributed by atoms with Gasteiger partial charge in [0, 0.05) is 18.7 Å². The Kier molecular flexibility index (Phi) is 6.24. The van der Waals surface area contributed by atoms with Crippen LogP contribution >= 0.6 is 12.4 Å². The molecule has 0 aromatic heterocycles. The number of amides is 2. The number of halogens is 1. The van der Waals surface area contributed by atoms with Gasteiger partial charge in [-0.1, -0.05) is 25.0 Å². The number of primary amides is 1. The minimum atomic E-state index is -0.420. The van der Waals surface area contributed by atoms with Crippen LogP contribution in [0.2, 0.25) is 0 Å². The lowest BCUT2D eigenvalue weighted by atomic mass is 9.67. The second-order valence-corrected chi connectivity index (χ2v) is 6.80. The number of nitrogens with two attached hydrogens (primary N) is 1. The number of carbonyl (C=O) groups excluding carboxylic acids is 2. The maximum Gasteiger partial charge on any atom is 0.248 e. The summed E-state index contributed by atoms with van der Waals surface area (Å²) in [6, 6.07) is 7.29. The van der Waals surface area contributed by atoms with Crippen molar-refractivity contribution in [3.63, 3.8) is 0 Å². The highest BCUT2D eigenvalue weighted by molar-refractivity contribution is 5.92. The van der Waals surface area contributed by atoms with Gasteiger partial charge >= 0.3 is 0 Å². The first kappa shape index (κ1) is 18.7. The zero-order chi connectivity index (χ0) is 16.3. The Balaban J connectivity index is 0.00000208. The maximum atomic E-state index is 12.7. The molecule has 3 rings (SSSR count). The zero-order valence-electron chi connectivity index (χ0n) is 13.8. The molecule has 1 saturated heterocycles. The number of fused-ring (bicyclic) bond motifs is 1. The quantitative estimate of drug-likeness (QED) is 0.754. The first-order valence-electron chi connectivity index (χ1n) is 8.49. The summed E-state index contributed by atoms with van der Waals surface area (Å²) in [5.74, 6) is 0.254. The van der Waals surface area contributed by atoms with Gasteiger partial charge in [-0.15, -0.1) is 12.4 Å². The van der Waals surface area contributed by atoms with Crippen LogP contribution in [0.5, 0.6) is 0 Å². The molecule has 2 amide bonds. The van der Waals surface area contributed by atoms with Gasteiger partial charge in [-0.3, -0.25) is 9.59 Å². The Bertz CT molecular complexity index is 608. The van der Waals surface area contributed by atoms with E-state index < -0.39 is 5.91 Å². The van der Waals surface area contributed by atoms with Crippen molar-refractivity contribution in [2.24, 2.45) is 17.1 Å². The predicted octanol–water partition coefficient (Wildman–Crippen LogP) is 1.65. The largest absolute Gasteiger partial charge is 0.366 e. The molecule has 2 fully saturated rings. The van der Waals surface area contributed by atoms with Crippen molar-refractivity contribution in [1.29, 1.82) is 0 Å². The fraction of sp³-hybridized carbons (Fsp3) is 0.556. The summed E-state index contributed by atoms with van der Waals surface area (Å²) < 4.78 is 0. The highest BCUT2D eigenvalue weighted by Gasteiger charge is 2.49. The van der Waals surface area contributed by atoms with E-state index >= 15 is 0 Å². The lowest BCUT2D eigenvalue weighted by molar-refractivity contribution is -0.133. The topological polar surface area (TPSA) is 84.2 Å². The minimum Gasteiger partial charge on any atom is -0.366 e. The molecule has 5 nitrogen and oxygen atoms in total. The van der Waals surface area contributed by atoms with Gasteiger partial charge in [-0.25, -0.2) is 0 Å². The summed E-state index contributed by atoms with van der Waals surface area (Å²) in [6.07, 6.45) is 5.24. The van der Waals surface area contributed by atoms with Crippen LogP contribution in [-0.2, 0) is 11.2 Å². The Morgan fingerprint density at radius 2 is 2.17 bits per heavy atom. The molecular weight excluding hydrogens is 326 g/mol. The van der Waals surface area contributed by atoms with Crippen LogP contribution in [0.15, 0.2) is 24.3 Å². The molecule has 1 aliphatic heterocycles. The number of hydrogen-bond donors (Lipinski definition) is 3. The summed E-state index contributed by atoms with van der Waals surface area (Å²) in [6.45, 7) is 2.37. The monoisotopic (exact) mass is 351 g/mol. The average molecular weight is 352 g/mol. The molecule has 1 aromatic rings.